The standard InChI is InChI=1S/C7H10N4O2/c1-11(2)10-6-4-8-3-5(9-6)7(12)13/h3-4H,1-2H3,(H,9,10)(H,12,13). The predicted octanol–water partition coefficient (Wildman–Crippen LogP) is 0.0633. The molecule has 0 atom stereocenters. The molecule has 0 saturated carbocycles. The lowest BCUT2D eigenvalue weighted by Gasteiger charge is -2.11. The van der Waals surface area contributed by atoms with Gasteiger partial charge in [-0.3, -0.25) is 4.98 Å². The second-order valence-electron chi connectivity index (χ2n) is 2.60. The maximum atomic E-state index is 10.5. The average Bonchev–Trinajstić information content (AvgIpc) is 2.03. The van der Waals surface area contributed by atoms with E-state index in [0.29, 0.717) is 5.82 Å². The molecule has 70 valence electrons. The molecule has 13 heavy (non-hydrogen) atoms. The number of carboxylic acid groups (broad SMARTS) is 1. The largest absolute Gasteiger partial charge is 0.476 e. The van der Waals surface area contributed by atoms with Gasteiger partial charge in [0.25, 0.3) is 0 Å². The summed E-state index contributed by atoms with van der Waals surface area (Å²) in [6.45, 7) is 0. The zero-order valence-corrected chi connectivity index (χ0v) is 7.35. The van der Waals surface area contributed by atoms with Crippen molar-refractivity contribution in [2.75, 3.05) is 19.5 Å². The molecule has 0 aliphatic heterocycles. The first kappa shape index (κ1) is 9.40. The van der Waals surface area contributed by atoms with Crippen LogP contribution in [-0.4, -0.2) is 40.1 Å². The zero-order valence-electron chi connectivity index (χ0n) is 7.35. The Morgan fingerprint density at radius 3 is 2.77 bits per heavy atom. The van der Waals surface area contributed by atoms with Gasteiger partial charge >= 0.3 is 5.97 Å². The van der Waals surface area contributed by atoms with E-state index in [1.165, 1.54) is 12.4 Å². The van der Waals surface area contributed by atoms with Crippen molar-refractivity contribution in [1.82, 2.24) is 15.0 Å². The summed E-state index contributed by atoms with van der Waals surface area (Å²) in [6, 6.07) is 0. The maximum Gasteiger partial charge on any atom is 0.356 e. The van der Waals surface area contributed by atoms with Crippen molar-refractivity contribution in [2.45, 2.75) is 0 Å². The van der Waals surface area contributed by atoms with Crippen LogP contribution >= 0.6 is 0 Å². The van der Waals surface area contributed by atoms with Crippen molar-refractivity contribution >= 4 is 11.8 Å². The number of anilines is 1. The van der Waals surface area contributed by atoms with Crippen LogP contribution in [0.3, 0.4) is 0 Å². The van der Waals surface area contributed by atoms with Gasteiger partial charge in [-0.05, 0) is 0 Å². The van der Waals surface area contributed by atoms with Crippen LogP contribution in [0.2, 0.25) is 0 Å². The lowest BCUT2D eigenvalue weighted by atomic mass is 10.4. The van der Waals surface area contributed by atoms with Crippen molar-refractivity contribution < 1.29 is 9.90 Å². The van der Waals surface area contributed by atoms with Crippen molar-refractivity contribution in [1.29, 1.82) is 0 Å². The quantitative estimate of drug-likeness (QED) is 0.644. The molecule has 2 N–H and O–H groups in total. The Morgan fingerprint density at radius 1 is 1.54 bits per heavy atom. The van der Waals surface area contributed by atoms with Gasteiger partial charge in [0.05, 0.1) is 12.4 Å². The number of aromatic carboxylic acids is 1. The van der Waals surface area contributed by atoms with Crippen LogP contribution in [0, 0.1) is 0 Å². The third kappa shape index (κ3) is 2.68. The first-order chi connectivity index (χ1) is 6.09. The van der Waals surface area contributed by atoms with Crippen LogP contribution in [0.4, 0.5) is 5.82 Å². The molecule has 0 radical (unpaired) electrons. The Labute approximate surface area is 75.2 Å². The lowest BCUT2D eigenvalue weighted by Crippen LogP contribution is -2.21. The van der Waals surface area contributed by atoms with Gasteiger partial charge in [0, 0.05) is 14.1 Å². The van der Waals surface area contributed by atoms with Crippen LogP contribution in [0.5, 0.6) is 0 Å². The van der Waals surface area contributed by atoms with Crippen LogP contribution in [0.15, 0.2) is 12.4 Å². The highest BCUT2D eigenvalue weighted by Crippen LogP contribution is 2.01. The van der Waals surface area contributed by atoms with Crippen molar-refractivity contribution in [3.63, 3.8) is 0 Å². The molecule has 1 aromatic heterocycles. The molecule has 0 fully saturated rings. The van der Waals surface area contributed by atoms with Gasteiger partial charge in [0.2, 0.25) is 0 Å². The molecule has 6 heteroatoms. The van der Waals surface area contributed by atoms with Gasteiger partial charge in [-0.25, -0.2) is 14.8 Å². The van der Waals surface area contributed by atoms with Gasteiger partial charge in [-0.2, -0.15) is 0 Å². The molecule has 0 aromatic carbocycles. The van der Waals surface area contributed by atoms with Gasteiger partial charge in [0.1, 0.15) is 0 Å². The fourth-order valence-electron chi connectivity index (χ4n) is 0.752. The molecule has 0 saturated heterocycles. The van der Waals surface area contributed by atoms with Crippen molar-refractivity contribution in [3.8, 4) is 0 Å². The van der Waals surface area contributed by atoms with Gasteiger partial charge in [-0.15, -0.1) is 0 Å². The molecular weight excluding hydrogens is 172 g/mol. The fraction of sp³-hybridized carbons (Fsp3) is 0.286. The second-order valence-corrected chi connectivity index (χ2v) is 2.60. The number of hydrogen-bond acceptors (Lipinski definition) is 5. The number of carbonyl (C=O) groups is 1. The van der Waals surface area contributed by atoms with Gasteiger partial charge < -0.3 is 10.5 Å². The van der Waals surface area contributed by atoms with E-state index in [2.05, 4.69) is 15.4 Å². The third-order valence-electron chi connectivity index (χ3n) is 1.19. The minimum absolute atomic E-state index is 0.0770. The summed E-state index contributed by atoms with van der Waals surface area (Å²) in [4.78, 5) is 18.0. The summed E-state index contributed by atoms with van der Waals surface area (Å²) in [5.74, 6) is -0.681. The average molecular weight is 182 g/mol. The summed E-state index contributed by atoms with van der Waals surface area (Å²) in [6.07, 6.45) is 2.65. The topological polar surface area (TPSA) is 78.4 Å². The van der Waals surface area contributed by atoms with E-state index in [9.17, 15) is 4.79 Å². The maximum absolute atomic E-state index is 10.5. The summed E-state index contributed by atoms with van der Waals surface area (Å²) >= 11 is 0. The Hall–Kier alpha value is -1.69. The number of nitrogens with zero attached hydrogens (tertiary/aromatic N) is 3. The third-order valence-corrected chi connectivity index (χ3v) is 1.19. The summed E-state index contributed by atoms with van der Waals surface area (Å²) < 4.78 is 0. The van der Waals surface area contributed by atoms with Gasteiger partial charge in [-0.1, -0.05) is 0 Å². The lowest BCUT2D eigenvalue weighted by molar-refractivity contribution is 0.0690. The highest BCUT2D eigenvalue weighted by Gasteiger charge is 2.05. The molecule has 0 unspecified atom stereocenters. The minimum Gasteiger partial charge on any atom is -0.476 e. The predicted molar refractivity (Wildman–Crippen MR) is 46.3 cm³/mol. The van der Waals surface area contributed by atoms with E-state index in [1.54, 1.807) is 19.1 Å². The summed E-state index contributed by atoms with van der Waals surface area (Å²) in [5.41, 5.74) is 2.72. The molecular formula is C7H10N4O2. The second kappa shape index (κ2) is 3.81. The van der Waals surface area contributed by atoms with Crippen LogP contribution in [0.25, 0.3) is 0 Å². The molecule has 0 amide bonds. The van der Waals surface area contributed by atoms with Crippen LogP contribution in [0.1, 0.15) is 10.5 Å². The van der Waals surface area contributed by atoms with E-state index in [4.69, 9.17) is 5.11 Å². The summed E-state index contributed by atoms with van der Waals surface area (Å²) in [5, 5.41) is 10.2. The Kier molecular flexibility index (Phi) is 2.76. The zero-order chi connectivity index (χ0) is 9.84. The van der Waals surface area contributed by atoms with Crippen molar-refractivity contribution in [3.05, 3.63) is 18.1 Å². The number of rotatable bonds is 3. The number of hydrogen-bond donors (Lipinski definition) is 2. The highest BCUT2D eigenvalue weighted by atomic mass is 16.4. The fourth-order valence-corrected chi connectivity index (χ4v) is 0.752. The highest BCUT2D eigenvalue weighted by molar-refractivity contribution is 5.85. The van der Waals surface area contributed by atoms with E-state index in [0.717, 1.165) is 0 Å². The smallest absolute Gasteiger partial charge is 0.356 e. The Bertz CT molecular complexity index is 313. The van der Waals surface area contributed by atoms with Crippen LogP contribution < -0.4 is 5.43 Å². The normalized spacial score (nSPS) is 10.1. The first-order valence-corrected chi connectivity index (χ1v) is 3.59. The monoisotopic (exact) mass is 182 g/mol. The number of hydrazine groups is 1. The summed E-state index contributed by atoms with van der Waals surface area (Å²) in [7, 11) is 3.55. The van der Waals surface area contributed by atoms with Crippen molar-refractivity contribution in [2.24, 2.45) is 0 Å². The molecule has 1 aromatic rings. The Morgan fingerprint density at radius 2 is 2.23 bits per heavy atom. The minimum atomic E-state index is -1.09. The Balaban J connectivity index is 2.85. The molecule has 1 heterocycles. The molecule has 6 nitrogen and oxygen atoms in total. The van der Waals surface area contributed by atoms with E-state index in [-0.39, 0.29) is 5.69 Å². The number of nitrogens with one attached hydrogen (secondary N) is 1. The van der Waals surface area contributed by atoms with Crippen LogP contribution in [-0.2, 0) is 0 Å². The SMILES string of the molecule is CN(C)Nc1cncc(C(=O)O)n1. The number of carboxylic acids is 1. The molecule has 1 rings (SSSR count). The molecule has 0 aliphatic carbocycles. The van der Waals surface area contributed by atoms with E-state index >= 15 is 0 Å². The first-order valence-electron chi connectivity index (χ1n) is 3.59. The van der Waals surface area contributed by atoms with Gasteiger partial charge in [0.15, 0.2) is 11.5 Å². The van der Waals surface area contributed by atoms with E-state index in [1.807, 2.05) is 0 Å². The number of aromatic nitrogens is 2. The van der Waals surface area contributed by atoms with E-state index < -0.39 is 5.97 Å². The molecule has 0 spiro atoms. The molecule has 0 bridgehead atoms. The molecule has 0 aliphatic rings.